The van der Waals surface area contributed by atoms with E-state index < -0.39 is 12.3 Å². The van der Waals surface area contributed by atoms with E-state index in [1.54, 1.807) is 12.1 Å². The third-order valence-corrected chi connectivity index (χ3v) is 4.57. The maximum absolute atomic E-state index is 12.4. The number of aromatic amines is 1. The number of amides is 1. The fourth-order valence-corrected chi connectivity index (χ4v) is 3.26. The molecule has 0 aliphatic carbocycles. The third kappa shape index (κ3) is 4.27. The van der Waals surface area contributed by atoms with Gasteiger partial charge in [-0.3, -0.25) is 4.79 Å². The maximum Gasteiger partial charge on any atom is 0.573 e. The summed E-state index contributed by atoms with van der Waals surface area (Å²) in [7, 11) is 0. The molecule has 4 aromatic rings. The maximum atomic E-state index is 12.4. The van der Waals surface area contributed by atoms with Gasteiger partial charge >= 0.3 is 6.36 Å². The Morgan fingerprint density at radius 1 is 1.03 bits per heavy atom. The van der Waals surface area contributed by atoms with Crippen LogP contribution >= 0.6 is 0 Å². The number of carbonyl (C=O) groups excluding carboxylic acids is 1. The van der Waals surface area contributed by atoms with E-state index in [9.17, 15) is 18.0 Å². The minimum Gasteiger partial charge on any atom is -0.406 e. The lowest BCUT2D eigenvalue weighted by molar-refractivity contribution is -0.274. The molecule has 30 heavy (non-hydrogen) atoms. The van der Waals surface area contributed by atoms with Crippen LogP contribution in [0.2, 0.25) is 0 Å². The second kappa shape index (κ2) is 7.55. The van der Waals surface area contributed by atoms with Crippen molar-refractivity contribution in [2.24, 2.45) is 5.73 Å². The lowest BCUT2D eigenvalue weighted by atomic mass is 9.98. The van der Waals surface area contributed by atoms with Crippen LogP contribution in [0.3, 0.4) is 0 Å². The van der Waals surface area contributed by atoms with Crippen molar-refractivity contribution >= 4 is 16.9 Å². The molecule has 5 nitrogen and oxygen atoms in total. The monoisotopic (exact) mass is 411 g/mol. The van der Waals surface area contributed by atoms with Crippen molar-refractivity contribution in [2.75, 3.05) is 0 Å². The average Bonchev–Trinajstić information content (AvgIpc) is 3.09. The van der Waals surface area contributed by atoms with E-state index in [-0.39, 0.29) is 5.75 Å². The zero-order chi connectivity index (χ0) is 21.3. The summed E-state index contributed by atoms with van der Waals surface area (Å²) in [6.07, 6.45) is -4.29. The summed E-state index contributed by atoms with van der Waals surface area (Å²) in [5.74, 6) is -0.198. The van der Waals surface area contributed by atoms with Crippen LogP contribution in [0, 0.1) is 0 Å². The first-order chi connectivity index (χ1) is 14.3. The van der Waals surface area contributed by atoms with Crippen LogP contribution in [-0.4, -0.2) is 22.2 Å². The zero-order valence-corrected chi connectivity index (χ0v) is 15.5. The minimum atomic E-state index is -4.75. The van der Waals surface area contributed by atoms with Gasteiger partial charge in [-0.1, -0.05) is 42.5 Å². The number of nitrogens with two attached hydrogens (primary N) is 1. The predicted molar refractivity (Wildman–Crippen MR) is 106 cm³/mol. The van der Waals surface area contributed by atoms with Gasteiger partial charge in [0.1, 0.15) is 11.6 Å². The topological polar surface area (TPSA) is 81.0 Å². The summed E-state index contributed by atoms with van der Waals surface area (Å²) >= 11 is 0. The first-order valence-corrected chi connectivity index (χ1v) is 9.01. The number of nitrogens with zero attached hydrogens (tertiary/aromatic N) is 1. The number of ether oxygens (including phenoxy) is 1. The van der Waals surface area contributed by atoms with Gasteiger partial charge < -0.3 is 15.5 Å². The number of rotatable bonds is 5. The molecule has 0 atom stereocenters. The molecule has 4 rings (SSSR count). The van der Waals surface area contributed by atoms with Crippen molar-refractivity contribution < 1.29 is 22.7 Å². The second-order valence-corrected chi connectivity index (χ2v) is 6.69. The van der Waals surface area contributed by atoms with E-state index >= 15 is 0 Å². The molecule has 0 aliphatic rings. The van der Waals surface area contributed by atoms with Crippen molar-refractivity contribution in [3.63, 3.8) is 0 Å². The molecule has 0 radical (unpaired) electrons. The van der Waals surface area contributed by atoms with Crippen molar-refractivity contribution in [1.29, 1.82) is 0 Å². The molecule has 1 aromatic heterocycles. The number of halogens is 3. The number of hydrogen-bond acceptors (Lipinski definition) is 3. The van der Waals surface area contributed by atoms with Crippen molar-refractivity contribution in [3.05, 3.63) is 83.7 Å². The summed E-state index contributed by atoms with van der Waals surface area (Å²) in [6.45, 7) is 0. The fourth-order valence-electron chi connectivity index (χ4n) is 3.26. The van der Waals surface area contributed by atoms with E-state index in [1.165, 1.54) is 18.2 Å². The van der Waals surface area contributed by atoms with E-state index in [0.29, 0.717) is 28.8 Å². The van der Waals surface area contributed by atoms with E-state index in [4.69, 9.17) is 5.73 Å². The smallest absolute Gasteiger partial charge is 0.406 e. The first-order valence-electron chi connectivity index (χ1n) is 9.01. The molecule has 0 fully saturated rings. The van der Waals surface area contributed by atoms with Gasteiger partial charge in [0.2, 0.25) is 5.91 Å². The Morgan fingerprint density at radius 3 is 2.47 bits per heavy atom. The van der Waals surface area contributed by atoms with Gasteiger partial charge in [0, 0.05) is 18.1 Å². The van der Waals surface area contributed by atoms with Crippen LogP contribution in [0.15, 0.2) is 66.7 Å². The number of hydrogen-bond donors (Lipinski definition) is 2. The van der Waals surface area contributed by atoms with E-state index in [1.807, 2.05) is 36.4 Å². The van der Waals surface area contributed by atoms with Crippen LogP contribution in [0.5, 0.6) is 5.75 Å². The molecule has 0 unspecified atom stereocenters. The average molecular weight is 411 g/mol. The summed E-state index contributed by atoms with van der Waals surface area (Å²) in [5, 5.41) is 0. The number of imidazole rings is 1. The molecule has 0 bridgehead atoms. The van der Waals surface area contributed by atoms with Crippen molar-refractivity contribution in [1.82, 2.24) is 9.97 Å². The summed E-state index contributed by atoms with van der Waals surface area (Å²) in [5.41, 5.74) is 9.44. The fraction of sp³-hybridized carbons (Fsp3) is 0.0909. The number of carbonyl (C=O) groups is 1. The molecular weight excluding hydrogens is 395 g/mol. The van der Waals surface area contributed by atoms with E-state index in [2.05, 4.69) is 14.7 Å². The molecule has 0 saturated heterocycles. The highest BCUT2D eigenvalue weighted by Gasteiger charge is 2.31. The molecule has 3 N–H and O–H groups in total. The normalized spacial score (nSPS) is 11.6. The summed E-state index contributed by atoms with van der Waals surface area (Å²) in [4.78, 5) is 19.1. The molecule has 3 aromatic carbocycles. The molecule has 0 aliphatic heterocycles. The summed E-state index contributed by atoms with van der Waals surface area (Å²) in [6, 6.07) is 18.6. The van der Waals surface area contributed by atoms with Gasteiger partial charge in [-0.15, -0.1) is 13.2 Å². The Morgan fingerprint density at radius 2 is 1.77 bits per heavy atom. The molecule has 1 heterocycles. The predicted octanol–water partition coefficient (Wildman–Crippen LogP) is 4.82. The zero-order valence-electron chi connectivity index (χ0n) is 15.5. The molecule has 0 saturated carbocycles. The highest BCUT2D eigenvalue weighted by Crippen LogP contribution is 2.27. The van der Waals surface area contributed by atoms with Gasteiger partial charge in [-0.05, 0) is 34.9 Å². The molecule has 152 valence electrons. The van der Waals surface area contributed by atoms with Crippen molar-refractivity contribution in [3.8, 4) is 16.9 Å². The Balaban J connectivity index is 1.55. The number of alkyl halides is 3. The first kappa shape index (κ1) is 19.5. The van der Waals surface area contributed by atoms with Crippen molar-refractivity contribution in [2.45, 2.75) is 12.8 Å². The lowest BCUT2D eigenvalue weighted by Gasteiger charge is -2.07. The number of nitrogens with one attached hydrogen (secondary N) is 1. The van der Waals surface area contributed by atoms with Gasteiger partial charge in [0.05, 0.1) is 11.0 Å². The van der Waals surface area contributed by atoms with Crippen LogP contribution in [-0.2, 0) is 6.42 Å². The Labute approximate surface area is 169 Å². The highest BCUT2D eigenvalue weighted by atomic mass is 19.4. The Kier molecular flexibility index (Phi) is 4.91. The Hall–Kier alpha value is -3.81. The van der Waals surface area contributed by atoms with Crippen LogP contribution in [0.4, 0.5) is 13.2 Å². The summed E-state index contributed by atoms with van der Waals surface area (Å²) < 4.78 is 41.1. The van der Waals surface area contributed by atoms with Gasteiger partial charge in [0.15, 0.2) is 0 Å². The molecule has 1 amide bonds. The SMILES string of the molecule is NC(=O)c1ccccc1-c1ccc(Cc2nc3cc(OC(F)(F)F)ccc3[nH]2)cc1. The van der Waals surface area contributed by atoms with E-state index in [0.717, 1.165) is 16.7 Å². The Bertz CT molecular complexity index is 1210. The molecule has 8 heteroatoms. The largest absolute Gasteiger partial charge is 0.573 e. The number of H-pyrrole nitrogens is 1. The molecule has 0 spiro atoms. The van der Waals surface area contributed by atoms with Gasteiger partial charge in [-0.25, -0.2) is 4.98 Å². The molecular formula is C22H16F3N3O2. The standard InChI is InChI=1S/C22H16F3N3O2/c23-22(24,25)30-15-9-10-18-19(12-15)28-20(27-18)11-13-5-7-14(8-6-13)16-3-1-2-4-17(16)21(26)29/h1-10,12H,11H2,(H2,26,29)(H,27,28). The quantitative estimate of drug-likeness (QED) is 0.494. The number of primary amides is 1. The minimum absolute atomic E-state index is 0.314. The van der Waals surface area contributed by atoms with Crippen LogP contribution in [0.1, 0.15) is 21.7 Å². The highest BCUT2D eigenvalue weighted by molar-refractivity contribution is 5.99. The second-order valence-electron chi connectivity index (χ2n) is 6.69. The van der Waals surface area contributed by atoms with Gasteiger partial charge in [-0.2, -0.15) is 0 Å². The number of fused-ring (bicyclic) bond motifs is 1. The number of benzene rings is 3. The lowest BCUT2D eigenvalue weighted by Crippen LogP contribution is -2.16. The van der Waals surface area contributed by atoms with Gasteiger partial charge in [0.25, 0.3) is 0 Å². The number of aromatic nitrogens is 2. The van der Waals surface area contributed by atoms with Crippen LogP contribution < -0.4 is 10.5 Å². The third-order valence-electron chi connectivity index (χ3n) is 4.57. The van der Waals surface area contributed by atoms with Crippen LogP contribution in [0.25, 0.3) is 22.2 Å².